The minimum absolute atomic E-state index is 0.116. The number of carbonyl (C=O) groups excluding carboxylic acids is 1. The van der Waals surface area contributed by atoms with E-state index in [1.165, 1.54) is 38.5 Å². The zero-order valence-corrected chi connectivity index (χ0v) is 12.1. The third kappa shape index (κ3) is 3.63. The van der Waals surface area contributed by atoms with Crippen LogP contribution in [-0.4, -0.2) is 29.2 Å². The molecule has 1 atom stereocenters. The highest BCUT2D eigenvalue weighted by atomic mass is 16.6. The first-order chi connectivity index (χ1) is 8.46. The molecule has 2 aliphatic rings. The lowest BCUT2D eigenvalue weighted by molar-refractivity contribution is -0.0106. The van der Waals surface area contributed by atoms with Gasteiger partial charge in [-0.2, -0.15) is 0 Å². The average molecular weight is 253 g/mol. The fourth-order valence-electron chi connectivity index (χ4n) is 3.05. The molecular formula is C15H27NO2. The number of ether oxygens (including phenoxy) is 1. The molecule has 0 aromatic rings. The predicted octanol–water partition coefficient (Wildman–Crippen LogP) is 3.97. The second-order valence-corrected chi connectivity index (χ2v) is 6.86. The second-order valence-electron chi connectivity index (χ2n) is 6.86. The summed E-state index contributed by atoms with van der Waals surface area (Å²) in [4.78, 5) is 13.9. The SMILES string of the molecule is CC(C)(C)OC(=O)N1CCC1CC1CCCCC1. The average Bonchev–Trinajstić information content (AvgIpc) is 2.23. The molecular weight excluding hydrogens is 226 g/mol. The van der Waals surface area contributed by atoms with Crippen molar-refractivity contribution in [3.63, 3.8) is 0 Å². The van der Waals surface area contributed by atoms with E-state index in [4.69, 9.17) is 4.74 Å². The molecule has 2 rings (SSSR count). The van der Waals surface area contributed by atoms with Gasteiger partial charge in [0.1, 0.15) is 5.60 Å². The number of amides is 1. The molecule has 1 amide bonds. The maximum atomic E-state index is 12.0. The standard InChI is InChI=1S/C15H27NO2/c1-15(2,3)18-14(17)16-10-9-13(16)11-12-7-5-4-6-8-12/h12-13H,4-11H2,1-3H3. The van der Waals surface area contributed by atoms with E-state index in [1.807, 2.05) is 25.7 Å². The summed E-state index contributed by atoms with van der Waals surface area (Å²) in [5.41, 5.74) is -0.373. The fourth-order valence-corrected chi connectivity index (χ4v) is 3.05. The first kappa shape index (κ1) is 13.7. The van der Waals surface area contributed by atoms with E-state index < -0.39 is 0 Å². The zero-order chi connectivity index (χ0) is 13.2. The number of hydrogen-bond acceptors (Lipinski definition) is 2. The number of likely N-dealkylation sites (tertiary alicyclic amines) is 1. The van der Waals surface area contributed by atoms with Crippen LogP contribution >= 0.6 is 0 Å². The first-order valence-electron chi connectivity index (χ1n) is 7.45. The Hall–Kier alpha value is -0.730. The number of hydrogen-bond donors (Lipinski definition) is 0. The summed E-state index contributed by atoms with van der Waals surface area (Å²) < 4.78 is 5.45. The van der Waals surface area contributed by atoms with E-state index in [0.717, 1.165) is 18.9 Å². The predicted molar refractivity (Wildman–Crippen MR) is 72.5 cm³/mol. The van der Waals surface area contributed by atoms with Gasteiger partial charge in [-0.15, -0.1) is 0 Å². The highest BCUT2D eigenvalue weighted by Gasteiger charge is 2.36. The molecule has 1 unspecified atom stereocenters. The van der Waals surface area contributed by atoms with Gasteiger partial charge in [-0.05, 0) is 39.5 Å². The maximum Gasteiger partial charge on any atom is 0.410 e. The van der Waals surface area contributed by atoms with Gasteiger partial charge in [0, 0.05) is 12.6 Å². The minimum Gasteiger partial charge on any atom is -0.444 e. The van der Waals surface area contributed by atoms with Crippen molar-refractivity contribution >= 4 is 6.09 Å². The highest BCUT2D eigenvalue weighted by molar-refractivity contribution is 5.69. The molecule has 0 aromatic carbocycles. The van der Waals surface area contributed by atoms with Crippen molar-refractivity contribution in [3.05, 3.63) is 0 Å². The lowest BCUT2D eigenvalue weighted by Gasteiger charge is -2.43. The van der Waals surface area contributed by atoms with Crippen molar-refractivity contribution in [2.24, 2.45) is 5.92 Å². The summed E-state index contributed by atoms with van der Waals surface area (Å²) in [7, 11) is 0. The number of carbonyl (C=O) groups is 1. The Morgan fingerprint density at radius 3 is 2.33 bits per heavy atom. The summed E-state index contributed by atoms with van der Waals surface area (Å²) in [5, 5.41) is 0. The zero-order valence-electron chi connectivity index (χ0n) is 12.1. The summed E-state index contributed by atoms with van der Waals surface area (Å²) >= 11 is 0. The summed E-state index contributed by atoms with van der Waals surface area (Å²) in [5.74, 6) is 0.842. The lowest BCUT2D eigenvalue weighted by Crippen LogP contribution is -2.53. The molecule has 1 heterocycles. The molecule has 1 saturated carbocycles. The van der Waals surface area contributed by atoms with Crippen LogP contribution in [0, 0.1) is 5.92 Å². The first-order valence-corrected chi connectivity index (χ1v) is 7.45. The van der Waals surface area contributed by atoms with Crippen LogP contribution in [0.1, 0.15) is 65.7 Å². The van der Waals surface area contributed by atoms with Gasteiger partial charge in [0.25, 0.3) is 0 Å². The number of rotatable bonds is 2. The minimum atomic E-state index is -0.373. The van der Waals surface area contributed by atoms with Crippen molar-refractivity contribution in [2.45, 2.75) is 77.4 Å². The fraction of sp³-hybridized carbons (Fsp3) is 0.933. The molecule has 0 spiro atoms. The van der Waals surface area contributed by atoms with Crippen LogP contribution < -0.4 is 0 Å². The van der Waals surface area contributed by atoms with Crippen LogP contribution in [0.5, 0.6) is 0 Å². The lowest BCUT2D eigenvalue weighted by atomic mass is 9.82. The van der Waals surface area contributed by atoms with Gasteiger partial charge >= 0.3 is 6.09 Å². The maximum absolute atomic E-state index is 12.0. The molecule has 3 nitrogen and oxygen atoms in total. The highest BCUT2D eigenvalue weighted by Crippen LogP contribution is 2.33. The Morgan fingerprint density at radius 1 is 1.17 bits per heavy atom. The van der Waals surface area contributed by atoms with Crippen molar-refractivity contribution in [1.82, 2.24) is 4.90 Å². The molecule has 3 heteroatoms. The van der Waals surface area contributed by atoms with E-state index in [1.54, 1.807) is 0 Å². The topological polar surface area (TPSA) is 29.5 Å². The van der Waals surface area contributed by atoms with Crippen LogP contribution in [0.25, 0.3) is 0 Å². The van der Waals surface area contributed by atoms with Crippen LogP contribution in [0.15, 0.2) is 0 Å². The van der Waals surface area contributed by atoms with Gasteiger partial charge in [0.15, 0.2) is 0 Å². The number of nitrogens with zero attached hydrogens (tertiary/aromatic N) is 1. The van der Waals surface area contributed by atoms with Gasteiger partial charge in [-0.25, -0.2) is 4.79 Å². The van der Waals surface area contributed by atoms with Gasteiger partial charge in [0.2, 0.25) is 0 Å². The Labute approximate surface area is 111 Å². The van der Waals surface area contributed by atoms with E-state index >= 15 is 0 Å². The molecule has 2 fully saturated rings. The van der Waals surface area contributed by atoms with Gasteiger partial charge in [-0.3, -0.25) is 0 Å². The molecule has 0 bridgehead atoms. The van der Waals surface area contributed by atoms with Crippen LogP contribution in [0.4, 0.5) is 4.79 Å². The van der Waals surface area contributed by atoms with Gasteiger partial charge in [-0.1, -0.05) is 32.1 Å². The summed E-state index contributed by atoms with van der Waals surface area (Å²) in [6.07, 6.45) is 9.12. The van der Waals surface area contributed by atoms with E-state index in [-0.39, 0.29) is 11.7 Å². The van der Waals surface area contributed by atoms with Crippen molar-refractivity contribution < 1.29 is 9.53 Å². The Kier molecular flexibility index (Phi) is 4.18. The summed E-state index contributed by atoms with van der Waals surface area (Å²) in [6, 6.07) is 0.447. The van der Waals surface area contributed by atoms with Gasteiger partial charge < -0.3 is 9.64 Å². The Bertz CT molecular complexity index is 289. The summed E-state index contributed by atoms with van der Waals surface area (Å²) in [6.45, 7) is 6.68. The monoisotopic (exact) mass is 253 g/mol. The van der Waals surface area contributed by atoms with Crippen molar-refractivity contribution in [1.29, 1.82) is 0 Å². The molecule has 0 aromatic heterocycles. The molecule has 1 saturated heterocycles. The van der Waals surface area contributed by atoms with Crippen molar-refractivity contribution in [3.8, 4) is 0 Å². The normalized spacial score (nSPS) is 25.7. The second kappa shape index (κ2) is 5.50. The molecule has 18 heavy (non-hydrogen) atoms. The third-order valence-electron chi connectivity index (χ3n) is 4.10. The van der Waals surface area contributed by atoms with E-state index in [2.05, 4.69) is 0 Å². The van der Waals surface area contributed by atoms with E-state index in [9.17, 15) is 4.79 Å². The molecule has 1 aliphatic heterocycles. The van der Waals surface area contributed by atoms with Gasteiger partial charge in [0.05, 0.1) is 0 Å². The molecule has 1 aliphatic carbocycles. The molecule has 104 valence electrons. The largest absolute Gasteiger partial charge is 0.444 e. The molecule has 0 radical (unpaired) electrons. The third-order valence-corrected chi connectivity index (χ3v) is 4.10. The smallest absolute Gasteiger partial charge is 0.410 e. The van der Waals surface area contributed by atoms with Crippen molar-refractivity contribution in [2.75, 3.05) is 6.54 Å². The molecule has 0 N–H and O–H groups in total. The van der Waals surface area contributed by atoms with Crippen LogP contribution in [0.2, 0.25) is 0 Å². The van der Waals surface area contributed by atoms with Crippen LogP contribution in [0.3, 0.4) is 0 Å². The van der Waals surface area contributed by atoms with Crippen LogP contribution in [-0.2, 0) is 4.74 Å². The Balaban J connectivity index is 1.78. The quantitative estimate of drug-likeness (QED) is 0.745. The Morgan fingerprint density at radius 2 is 1.83 bits per heavy atom. The van der Waals surface area contributed by atoms with E-state index in [0.29, 0.717) is 6.04 Å².